The van der Waals surface area contributed by atoms with E-state index in [4.69, 9.17) is 4.42 Å². The molecule has 1 aromatic heterocycles. The number of benzene rings is 2. The number of hydrogen-bond acceptors (Lipinski definition) is 5. The molecule has 0 saturated carbocycles. The number of nitrogens with zero attached hydrogens (tertiary/aromatic N) is 3. The van der Waals surface area contributed by atoms with Gasteiger partial charge in [0.15, 0.2) is 0 Å². The third-order valence-corrected chi connectivity index (χ3v) is 5.98. The van der Waals surface area contributed by atoms with Crippen LogP contribution in [0.15, 0.2) is 57.4 Å². The molecule has 140 valence electrons. The van der Waals surface area contributed by atoms with E-state index in [9.17, 15) is 9.59 Å². The van der Waals surface area contributed by atoms with Gasteiger partial charge in [0.1, 0.15) is 12.1 Å². The number of urea groups is 1. The maximum absolute atomic E-state index is 13.2. The molecule has 2 aliphatic rings. The summed E-state index contributed by atoms with van der Waals surface area (Å²) in [7, 11) is 0. The molecule has 1 aliphatic heterocycles. The predicted molar refractivity (Wildman–Crippen MR) is 103 cm³/mol. The van der Waals surface area contributed by atoms with Crippen molar-refractivity contribution < 1.29 is 14.0 Å². The number of halogens is 1. The van der Waals surface area contributed by atoms with Gasteiger partial charge in [0.25, 0.3) is 5.91 Å². The van der Waals surface area contributed by atoms with Crippen molar-refractivity contribution in [2.45, 2.75) is 24.9 Å². The molecular formula is C20H15BrN4O3. The second-order valence-corrected chi connectivity index (χ2v) is 7.72. The number of aryl methyl sites for hydroxylation is 1. The Kier molecular flexibility index (Phi) is 3.83. The smallest absolute Gasteiger partial charge is 0.325 e. The number of carbonyl (C=O) groups excluding carboxylic acids is 2. The summed E-state index contributed by atoms with van der Waals surface area (Å²) in [6, 6.07) is 14.8. The standard InChI is InChI=1S/C20H15BrN4O3/c21-15-8-4-2-6-13(15)17-24-23-16(28-17)11-25-18(26)20(22-19(25)27)10-9-12-5-1-3-7-14(12)20/h1-8H,9-11H2,(H,22,27). The molecule has 1 atom stereocenters. The third-order valence-electron chi connectivity index (χ3n) is 5.29. The van der Waals surface area contributed by atoms with Gasteiger partial charge in [-0.25, -0.2) is 4.79 Å². The second kappa shape index (κ2) is 6.27. The van der Waals surface area contributed by atoms with E-state index in [1.54, 1.807) is 0 Å². The summed E-state index contributed by atoms with van der Waals surface area (Å²) in [5, 5.41) is 11.0. The van der Waals surface area contributed by atoms with E-state index in [0.29, 0.717) is 12.3 Å². The molecule has 3 aromatic rings. The molecule has 28 heavy (non-hydrogen) atoms. The van der Waals surface area contributed by atoms with Crippen LogP contribution >= 0.6 is 15.9 Å². The van der Waals surface area contributed by atoms with Crippen molar-refractivity contribution in [2.75, 3.05) is 0 Å². The molecule has 0 radical (unpaired) electrons. The van der Waals surface area contributed by atoms with Gasteiger partial charge in [-0.05, 0) is 52.0 Å². The van der Waals surface area contributed by atoms with Gasteiger partial charge in [0, 0.05) is 4.47 Å². The zero-order valence-corrected chi connectivity index (χ0v) is 16.3. The summed E-state index contributed by atoms with van der Waals surface area (Å²) in [5.74, 6) is 0.260. The van der Waals surface area contributed by atoms with E-state index in [2.05, 4.69) is 31.4 Å². The third kappa shape index (κ3) is 2.48. The summed E-state index contributed by atoms with van der Waals surface area (Å²) in [4.78, 5) is 26.9. The van der Waals surface area contributed by atoms with Gasteiger partial charge in [-0.15, -0.1) is 10.2 Å². The minimum Gasteiger partial charge on any atom is -0.419 e. The van der Waals surface area contributed by atoms with Crippen molar-refractivity contribution in [3.05, 3.63) is 70.0 Å². The van der Waals surface area contributed by atoms with Crippen molar-refractivity contribution in [1.82, 2.24) is 20.4 Å². The zero-order chi connectivity index (χ0) is 19.3. The van der Waals surface area contributed by atoms with E-state index >= 15 is 0 Å². The van der Waals surface area contributed by atoms with Crippen LogP contribution in [0, 0.1) is 0 Å². The highest BCUT2D eigenvalue weighted by molar-refractivity contribution is 9.10. The highest BCUT2D eigenvalue weighted by Crippen LogP contribution is 2.41. The molecule has 8 heteroatoms. The first-order valence-electron chi connectivity index (χ1n) is 8.88. The van der Waals surface area contributed by atoms with Gasteiger partial charge in [-0.3, -0.25) is 9.69 Å². The minimum atomic E-state index is -0.987. The molecule has 1 aliphatic carbocycles. The molecule has 2 aromatic carbocycles. The molecule has 3 amide bonds. The van der Waals surface area contributed by atoms with Crippen LogP contribution < -0.4 is 5.32 Å². The van der Waals surface area contributed by atoms with Crippen LogP contribution in [0.4, 0.5) is 4.79 Å². The number of rotatable bonds is 3. The summed E-state index contributed by atoms with van der Waals surface area (Å²) >= 11 is 3.45. The maximum atomic E-state index is 13.2. The molecule has 2 heterocycles. The van der Waals surface area contributed by atoms with Gasteiger partial charge in [0.2, 0.25) is 11.8 Å². The summed E-state index contributed by atoms with van der Waals surface area (Å²) in [5.41, 5.74) is 1.72. The molecule has 1 N–H and O–H groups in total. The quantitative estimate of drug-likeness (QED) is 0.633. The van der Waals surface area contributed by atoms with Crippen LogP contribution in [0.25, 0.3) is 11.5 Å². The number of nitrogens with one attached hydrogen (secondary N) is 1. The summed E-state index contributed by atoms with van der Waals surface area (Å²) in [6.07, 6.45) is 1.31. The van der Waals surface area contributed by atoms with Crippen LogP contribution in [-0.2, 0) is 23.3 Å². The van der Waals surface area contributed by atoms with Crippen molar-refractivity contribution >= 4 is 27.9 Å². The number of carbonyl (C=O) groups is 2. The average Bonchev–Trinajstić information content (AvgIpc) is 3.37. The molecule has 1 fully saturated rings. The zero-order valence-electron chi connectivity index (χ0n) is 14.7. The molecule has 7 nitrogen and oxygen atoms in total. The Morgan fingerprint density at radius 1 is 1.11 bits per heavy atom. The highest BCUT2D eigenvalue weighted by Gasteiger charge is 2.55. The number of hydrogen-bond donors (Lipinski definition) is 1. The van der Waals surface area contributed by atoms with Gasteiger partial charge in [0.05, 0.1) is 5.56 Å². The van der Waals surface area contributed by atoms with E-state index in [-0.39, 0.29) is 18.3 Å². The molecule has 5 rings (SSSR count). The fourth-order valence-electron chi connectivity index (χ4n) is 3.93. The first-order chi connectivity index (χ1) is 13.6. The molecule has 1 saturated heterocycles. The second-order valence-electron chi connectivity index (χ2n) is 6.86. The van der Waals surface area contributed by atoms with Gasteiger partial charge in [-0.1, -0.05) is 36.4 Å². The maximum Gasteiger partial charge on any atom is 0.325 e. The van der Waals surface area contributed by atoms with Crippen LogP contribution in [0.3, 0.4) is 0 Å². The van der Waals surface area contributed by atoms with Gasteiger partial charge in [-0.2, -0.15) is 0 Å². The van der Waals surface area contributed by atoms with Gasteiger partial charge >= 0.3 is 6.03 Å². The van der Waals surface area contributed by atoms with E-state index in [0.717, 1.165) is 32.5 Å². The normalized spacial score (nSPS) is 20.7. The first kappa shape index (κ1) is 17.1. The average molecular weight is 439 g/mol. The fourth-order valence-corrected chi connectivity index (χ4v) is 4.38. The SMILES string of the molecule is O=C1NC2(CCc3ccccc32)C(=O)N1Cc1nnc(-c2ccccc2Br)o1. The molecule has 1 spiro atoms. The Bertz CT molecular complexity index is 1110. The molecule has 0 bridgehead atoms. The van der Waals surface area contributed by atoms with E-state index in [1.807, 2.05) is 48.5 Å². The van der Waals surface area contributed by atoms with Crippen molar-refractivity contribution in [3.8, 4) is 11.5 Å². The Balaban J connectivity index is 1.42. The fraction of sp³-hybridized carbons (Fsp3) is 0.200. The number of fused-ring (bicyclic) bond motifs is 2. The number of imide groups is 1. The Labute approximate surface area is 168 Å². The van der Waals surface area contributed by atoms with Crippen LogP contribution in [0.5, 0.6) is 0 Å². The Hall–Kier alpha value is -3.00. The largest absolute Gasteiger partial charge is 0.419 e. The first-order valence-corrected chi connectivity index (χ1v) is 9.67. The van der Waals surface area contributed by atoms with Crippen molar-refractivity contribution in [2.24, 2.45) is 0 Å². The van der Waals surface area contributed by atoms with Crippen LogP contribution in [-0.4, -0.2) is 27.0 Å². The highest BCUT2D eigenvalue weighted by atomic mass is 79.9. The number of aromatic nitrogens is 2. The summed E-state index contributed by atoms with van der Waals surface area (Å²) in [6.45, 7) is -0.0635. The molecule has 1 unspecified atom stereocenters. The topological polar surface area (TPSA) is 88.3 Å². The lowest BCUT2D eigenvalue weighted by Crippen LogP contribution is -2.41. The lowest BCUT2D eigenvalue weighted by atomic mass is 9.92. The lowest BCUT2D eigenvalue weighted by molar-refractivity contribution is -0.132. The molecular weight excluding hydrogens is 424 g/mol. The van der Waals surface area contributed by atoms with E-state index in [1.165, 1.54) is 0 Å². The van der Waals surface area contributed by atoms with Gasteiger partial charge < -0.3 is 9.73 Å². The lowest BCUT2D eigenvalue weighted by Gasteiger charge is -2.21. The van der Waals surface area contributed by atoms with Crippen LogP contribution in [0.1, 0.15) is 23.4 Å². The number of amides is 3. The van der Waals surface area contributed by atoms with Crippen LogP contribution in [0.2, 0.25) is 0 Å². The van der Waals surface area contributed by atoms with Crippen molar-refractivity contribution in [1.29, 1.82) is 0 Å². The summed E-state index contributed by atoms with van der Waals surface area (Å²) < 4.78 is 6.52. The monoisotopic (exact) mass is 438 g/mol. The van der Waals surface area contributed by atoms with E-state index < -0.39 is 11.6 Å². The van der Waals surface area contributed by atoms with Crippen molar-refractivity contribution in [3.63, 3.8) is 0 Å². The predicted octanol–water partition coefficient (Wildman–Crippen LogP) is 3.39. The minimum absolute atomic E-state index is 0.0635. The Morgan fingerprint density at radius 3 is 2.75 bits per heavy atom. The Morgan fingerprint density at radius 2 is 1.89 bits per heavy atom.